The molecule has 0 amide bonds. The largest absolute Gasteiger partial charge is 0.389 e. The predicted octanol–water partition coefficient (Wildman–Crippen LogP) is 3.12. The fourth-order valence-electron chi connectivity index (χ4n) is 9.08. The fourth-order valence-corrected chi connectivity index (χ4v) is 9.08. The van der Waals surface area contributed by atoms with Gasteiger partial charge in [0.15, 0.2) is 0 Å². The zero-order valence-electron chi connectivity index (χ0n) is 18.7. The van der Waals surface area contributed by atoms with Gasteiger partial charge >= 0.3 is 0 Å². The first kappa shape index (κ1) is 19.5. The van der Waals surface area contributed by atoms with Crippen LogP contribution in [0, 0.1) is 34.5 Å². The van der Waals surface area contributed by atoms with Crippen LogP contribution >= 0.6 is 0 Å². The maximum atomic E-state index is 11.7. The zero-order chi connectivity index (χ0) is 20.1. The van der Waals surface area contributed by atoms with Crippen LogP contribution in [0.15, 0.2) is 0 Å². The van der Waals surface area contributed by atoms with Crippen LogP contribution in [0.4, 0.5) is 0 Å². The van der Waals surface area contributed by atoms with Crippen LogP contribution in [0.1, 0.15) is 71.6 Å². The lowest BCUT2D eigenvalue weighted by Crippen LogP contribution is -2.59. The van der Waals surface area contributed by atoms with Crippen molar-refractivity contribution in [2.75, 3.05) is 39.3 Å². The van der Waals surface area contributed by atoms with Crippen LogP contribution in [-0.4, -0.2) is 70.5 Å². The topological polar surface area (TPSA) is 46.5 Å². The molecule has 2 N–H and O–H groups in total. The van der Waals surface area contributed by atoms with Gasteiger partial charge in [-0.1, -0.05) is 13.8 Å². The molecule has 4 aliphatic carbocycles. The molecule has 4 saturated carbocycles. The second-order valence-electron chi connectivity index (χ2n) is 12.7. The lowest BCUT2D eigenvalue weighted by Gasteiger charge is -2.62. The molecule has 0 radical (unpaired) electrons. The van der Waals surface area contributed by atoms with E-state index in [4.69, 9.17) is 0 Å². The van der Waals surface area contributed by atoms with Crippen molar-refractivity contribution >= 4 is 0 Å². The van der Waals surface area contributed by atoms with Gasteiger partial charge in [0.05, 0.1) is 11.2 Å². The van der Waals surface area contributed by atoms with Gasteiger partial charge in [0, 0.05) is 44.7 Å². The smallest absolute Gasteiger partial charge is 0.0830 e. The summed E-state index contributed by atoms with van der Waals surface area (Å²) < 4.78 is 0. The molecule has 6 fully saturated rings. The van der Waals surface area contributed by atoms with Crippen LogP contribution in [0.3, 0.4) is 0 Å². The number of aliphatic hydroxyl groups is 2. The summed E-state index contributed by atoms with van der Waals surface area (Å²) in [5, 5.41) is 23.0. The van der Waals surface area contributed by atoms with Crippen molar-refractivity contribution in [3.63, 3.8) is 0 Å². The number of rotatable bonds is 4. The Hall–Kier alpha value is -0.160. The molecule has 2 saturated heterocycles. The zero-order valence-corrected chi connectivity index (χ0v) is 18.7. The van der Waals surface area contributed by atoms with Gasteiger partial charge in [-0.25, -0.2) is 0 Å². The minimum Gasteiger partial charge on any atom is -0.389 e. The van der Waals surface area contributed by atoms with Crippen LogP contribution in [0.25, 0.3) is 0 Å². The summed E-state index contributed by atoms with van der Waals surface area (Å²) in [4.78, 5) is 4.85. The van der Waals surface area contributed by atoms with Crippen LogP contribution in [0.5, 0.6) is 0 Å². The third kappa shape index (κ3) is 2.92. The van der Waals surface area contributed by atoms with E-state index in [1.54, 1.807) is 0 Å². The Labute approximate surface area is 177 Å². The molecule has 4 heteroatoms. The lowest BCUT2D eigenvalue weighted by atomic mass is 9.43. The van der Waals surface area contributed by atoms with Gasteiger partial charge in [-0.15, -0.1) is 0 Å². The van der Waals surface area contributed by atoms with Crippen LogP contribution in [-0.2, 0) is 0 Å². The average molecular weight is 403 g/mol. The first-order chi connectivity index (χ1) is 13.7. The highest BCUT2D eigenvalue weighted by molar-refractivity contribution is 5.16. The summed E-state index contributed by atoms with van der Waals surface area (Å²) in [6, 6.07) is 0. The van der Waals surface area contributed by atoms with Gasteiger partial charge in [-0.2, -0.15) is 0 Å². The third-order valence-electron chi connectivity index (χ3n) is 11.2. The Kier molecular flexibility index (Phi) is 4.18. The maximum Gasteiger partial charge on any atom is 0.0830 e. The van der Waals surface area contributed by atoms with Gasteiger partial charge in [-0.3, -0.25) is 9.80 Å². The molecule has 0 bridgehead atoms. The van der Waals surface area contributed by atoms with Crippen molar-refractivity contribution in [2.45, 2.75) is 82.8 Å². The molecule has 4 unspecified atom stereocenters. The maximum absolute atomic E-state index is 11.7. The molecular weight excluding hydrogens is 360 g/mol. The molecule has 29 heavy (non-hydrogen) atoms. The van der Waals surface area contributed by atoms with Gasteiger partial charge < -0.3 is 10.2 Å². The summed E-state index contributed by atoms with van der Waals surface area (Å²) in [7, 11) is 0. The van der Waals surface area contributed by atoms with E-state index in [0.29, 0.717) is 17.3 Å². The first-order valence-corrected chi connectivity index (χ1v) is 12.6. The molecule has 0 spiro atoms. The summed E-state index contributed by atoms with van der Waals surface area (Å²) in [5.74, 6) is 3.03. The summed E-state index contributed by atoms with van der Waals surface area (Å²) >= 11 is 0. The second-order valence-corrected chi connectivity index (χ2v) is 12.7. The molecule has 164 valence electrons. The molecule has 8 atom stereocenters. The van der Waals surface area contributed by atoms with E-state index in [0.717, 1.165) is 44.2 Å². The summed E-state index contributed by atoms with van der Waals surface area (Å²) in [6.45, 7) is 11.6. The summed E-state index contributed by atoms with van der Waals surface area (Å²) in [5.41, 5.74) is -0.351. The Morgan fingerprint density at radius 2 is 1.45 bits per heavy atom. The van der Waals surface area contributed by atoms with E-state index >= 15 is 0 Å². The first-order valence-electron chi connectivity index (χ1n) is 12.6. The lowest BCUT2D eigenvalue weighted by molar-refractivity contribution is -0.172. The molecule has 0 aromatic rings. The number of hydrogen-bond donors (Lipinski definition) is 2. The van der Waals surface area contributed by atoms with Gasteiger partial charge in [-0.05, 0) is 86.9 Å². The van der Waals surface area contributed by atoms with Crippen molar-refractivity contribution in [3.8, 4) is 0 Å². The highest BCUT2D eigenvalue weighted by Crippen LogP contribution is 2.68. The van der Waals surface area contributed by atoms with Crippen molar-refractivity contribution < 1.29 is 10.2 Å². The Balaban J connectivity index is 1.22. The van der Waals surface area contributed by atoms with Gasteiger partial charge in [0.1, 0.15) is 0 Å². The van der Waals surface area contributed by atoms with Crippen molar-refractivity contribution in [3.05, 3.63) is 0 Å². The standard InChI is InChI=1S/C25H42N2O2/c1-22-9-10-24(28,16-26-11-12-26)15-18(22)3-4-19-20(22)5-7-23(2)21(19)6-8-25(23,29)17-27-13-14-27/h18-21,28-29H,3-17H2,1-2H3/t18?,19?,20?,21?,22-,23-,24-,25+/m0/s1. The van der Waals surface area contributed by atoms with E-state index in [-0.39, 0.29) is 5.41 Å². The number of β-amino-alcohol motifs (C(OH)–C–C–N with tert-alkyl or cyclic N) is 2. The molecule has 6 aliphatic rings. The van der Waals surface area contributed by atoms with Crippen molar-refractivity contribution in [1.82, 2.24) is 9.80 Å². The van der Waals surface area contributed by atoms with Gasteiger partial charge in [0.25, 0.3) is 0 Å². The normalized spacial score (nSPS) is 57.1. The Morgan fingerprint density at radius 3 is 2.17 bits per heavy atom. The molecular formula is C25H42N2O2. The van der Waals surface area contributed by atoms with Crippen LogP contribution in [0.2, 0.25) is 0 Å². The van der Waals surface area contributed by atoms with E-state index in [2.05, 4.69) is 23.6 Å². The molecule has 2 heterocycles. The summed E-state index contributed by atoms with van der Waals surface area (Å²) in [6.07, 6.45) is 10.7. The molecule has 2 aliphatic heterocycles. The molecule has 4 nitrogen and oxygen atoms in total. The average Bonchev–Trinajstić information content (AvgIpc) is 3.59. The number of fused-ring (bicyclic) bond motifs is 5. The second kappa shape index (κ2) is 6.21. The van der Waals surface area contributed by atoms with Gasteiger partial charge in [0.2, 0.25) is 0 Å². The molecule has 6 rings (SSSR count). The van der Waals surface area contributed by atoms with Crippen molar-refractivity contribution in [2.24, 2.45) is 34.5 Å². The van der Waals surface area contributed by atoms with E-state index in [9.17, 15) is 10.2 Å². The minimum atomic E-state index is -0.456. The number of hydrogen-bond acceptors (Lipinski definition) is 4. The monoisotopic (exact) mass is 402 g/mol. The molecule has 0 aromatic heterocycles. The quantitative estimate of drug-likeness (QED) is 0.710. The Morgan fingerprint density at radius 1 is 0.759 bits per heavy atom. The highest BCUT2D eigenvalue weighted by atomic mass is 16.3. The van der Waals surface area contributed by atoms with E-state index in [1.807, 2.05) is 0 Å². The van der Waals surface area contributed by atoms with E-state index in [1.165, 1.54) is 64.7 Å². The van der Waals surface area contributed by atoms with Crippen LogP contribution < -0.4 is 0 Å². The van der Waals surface area contributed by atoms with E-state index < -0.39 is 11.2 Å². The fraction of sp³-hybridized carbons (Fsp3) is 1.00. The highest BCUT2D eigenvalue weighted by Gasteiger charge is 2.65. The third-order valence-corrected chi connectivity index (χ3v) is 11.2. The number of nitrogens with zero attached hydrogens (tertiary/aromatic N) is 2. The minimum absolute atomic E-state index is 0.120. The van der Waals surface area contributed by atoms with Crippen molar-refractivity contribution in [1.29, 1.82) is 0 Å². The predicted molar refractivity (Wildman–Crippen MR) is 115 cm³/mol. The SMILES string of the molecule is C[C@]12CC[C@@](O)(CN3CC3)CC1CCC1C2CC[C@@]2(C)C1CC[C@@]2(O)CN1CC1. The molecule has 0 aromatic carbocycles. The Bertz CT molecular complexity index is 678.